The van der Waals surface area contributed by atoms with Crippen molar-refractivity contribution in [1.82, 2.24) is 14.9 Å². The third-order valence-electron chi connectivity index (χ3n) is 3.56. The number of nitrogens with zero attached hydrogens (tertiary/aromatic N) is 4. The summed E-state index contributed by atoms with van der Waals surface area (Å²) in [5, 5.41) is 11.3. The van der Waals surface area contributed by atoms with E-state index in [2.05, 4.69) is 14.9 Å². The molecule has 1 aliphatic heterocycles. The van der Waals surface area contributed by atoms with Gasteiger partial charge in [-0.1, -0.05) is 0 Å². The molecule has 3 rings (SSSR count). The average molecular weight is 312 g/mol. The highest BCUT2D eigenvalue weighted by molar-refractivity contribution is 5.62. The molecular formula is C16H16N4O3. The first-order valence-electron chi connectivity index (χ1n) is 7.38. The van der Waals surface area contributed by atoms with E-state index in [0.717, 1.165) is 25.9 Å². The molecule has 1 aromatic carbocycles. The first kappa shape index (κ1) is 15.0. The molecule has 0 saturated carbocycles. The summed E-state index contributed by atoms with van der Waals surface area (Å²) in [5.41, 5.74) is 0.539. The second kappa shape index (κ2) is 6.87. The standard InChI is InChI=1S/C16H16N4O3/c21-20(22)15-12-14(23-16-17-7-3-8-18-16)5-4-13(15)6-11-19-9-1-2-10-19/h3-8,11-12H,1-2,9-10H2/b11-6+. The van der Waals surface area contributed by atoms with E-state index in [9.17, 15) is 10.1 Å². The van der Waals surface area contributed by atoms with Crippen LogP contribution in [0.2, 0.25) is 0 Å². The molecule has 0 spiro atoms. The summed E-state index contributed by atoms with van der Waals surface area (Å²) in [4.78, 5) is 20.9. The Kier molecular flexibility index (Phi) is 4.46. The monoisotopic (exact) mass is 312 g/mol. The normalized spacial score (nSPS) is 14.3. The molecule has 118 valence electrons. The molecule has 1 aliphatic rings. The number of hydrogen-bond donors (Lipinski definition) is 0. The number of likely N-dealkylation sites (tertiary alicyclic amines) is 1. The fourth-order valence-corrected chi connectivity index (χ4v) is 2.41. The van der Waals surface area contributed by atoms with Crippen LogP contribution in [0.15, 0.2) is 42.9 Å². The van der Waals surface area contributed by atoms with Gasteiger partial charge in [0.25, 0.3) is 5.69 Å². The van der Waals surface area contributed by atoms with Crippen molar-refractivity contribution >= 4 is 11.8 Å². The van der Waals surface area contributed by atoms with Gasteiger partial charge in [-0.25, -0.2) is 9.97 Å². The van der Waals surface area contributed by atoms with Gasteiger partial charge in [0, 0.05) is 25.5 Å². The molecule has 7 heteroatoms. The minimum Gasteiger partial charge on any atom is -0.424 e. The molecule has 1 aromatic heterocycles. The van der Waals surface area contributed by atoms with Crippen molar-refractivity contribution in [2.24, 2.45) is 0 Å². The van der Waals surface area contributed by atoms with Crippen molar-refractivity contribution < 1.29 is 9.66 Å². The largest absolute Gasteiger partial charge is 0.424 e. The van der Waals surface area contributed by atoms with Crippen LogP contribution in [0.1, 0.15) is 18.4 Å². The Morgan fingerprint density at radius 2 is 1.96 bits per heavy atom. The maximum absolute atomic E-state index is 11.3. The molecule has 7 nitrogen and oxygen atoms in total. The van der Waals surface area contributed by atoms with E-state index in [4.69, 9.17) is 4.74 Å². The van der Waals surface area contributed by atoms with Crippen molar-refractivity contribution in [1.29, 1.82) is 0 Å². The fraction of sp³-hybridized carbons (Fsp3) is 0.250. The molecule has 23 heavy (non-hydrogen) atoms. The molecule has 0 aliphatic carbocycles. The van der Waals surface area contributed by atoms with Crippen LogP contribution in [0, 0.1) is 10.1 Å². The van der Waals surface area contributed by atoms with Gasteiger partial charge in [0.2, 0.25) is 0 Å². The first-order valence-corrected chi connectivity index (χ1v) is 7.38. The Labute approximate surface area is 133 Å². The van der Waals surface area contributed by atoms with E-state index < -0.39 is 4.92 Å². The maximum Gasteiger partial charge on any atom is 0.321 e. The van der Waals surface area contributed by atoms with Gasteiger partial charge < -0.3 is 9.64 Å². The zero-order valence-corrected chi connectivity index (χ0v) is 12.5. The Hall–Kier alpha value is -2.96. The Balaban J connectivity index is 1.82. The van der Waals surface area contributed by atoms with E-state index >= 15 is 0 Å². The van der Waals surface area contributed by atoms with E-state index in [1.54, 1.807) is 36.7 Å². The van der Waals surface area contributed by atoms with Gasteiger partial charge in [-0.15, -0.1) is 0 Å². The lowest BCUT2D eigenvalue weighted by molar-refractivity contribution is -0.385. The van der Waals surface area contributed by atoms with Gasteiger partial charge in [0.05, 0.1) is 16.6 Å². The van der Waals surface area contributed by atoms with Gasteiger partial charge in [-0.2, -0.15) is 0 Å². The minimum atomic E-state index is -0.414. The quantitative estimate of drug-likeness (QED) is 0.622. The number of nitro benzene ring substituents is 1. The van der Waals surface area contributed by atoms with Crippen molar-refractivity contribution in [3.05, 3.63) is 58.5 Å². The third kappa shape index (κ3) is 3.82. The Morgan fingerprint density at radius 3 is 2.65 bits per heavy atom. The number of hydrogen-bond acceptors (Lipinski definition) is 6. The minimum absolute atomic E-state index is 0.00567. The lowest BCUT2D eigenvalue weighted by atomic mass is 10.1. The maximum atomic E-state index is 11.3. The summed E-state index contributed by atoms with van der Waals surface area (Å²) in [6, 6.07) is 6.56. The summed E-state index contributed by atoms with van der Waals surface area (Å²) in [6.07, 6.45) is 9.10. The average Bonchev–Trinajstić information content (AvgIpc) is 3.08. The summed E-state index contributed by atoms with van der Waals surface area (Å²) in [6.45, 7) is 1.99. The van der Waals surface area contributed by atoms with E-state index in [-0.39, 0.29) is 11.7 Å². The van der Waals surface area contributed by atoms with E-state index in [1.165, 1.54) is 6.07 Å². The number of nitro groups is 1. The molecular weight excluding hydrogens is 296 g/mol. The van der Waals surface area contributed by atoms with Gasteiger partial charge in [0.15, 0.2) is 0 Å². The molecule has 0 N–H and O–H groups in total. The number of rotatable bonds is 5. The predicted molar refractivity (Wildman–Crippen MR) is 85.0 cm³/mol. The van der Waals surface area contributed by atoms with Crippen LogP contribution in [0.3, 0.4) is 0 Å². The second-order valence-corrected chi connectivity index (χ2v) is 5.17. The highest BCUT2D eigenvalue weighted by atomic mass is 16.6. The smallest absolute Gasteiger partial charge is 0.321 e. The highest BCUT2D eigenvalue weighted by Gasteiger charge is 2.15. The zero-order valence-electron chi connectivity index (χ0n) is 12.5. The Bertz CT molecular complexity index is 713. The van der Waals surface area contributed by atoms with Crippen LogP contribution in [-0.4, -0.2) is 32.9 Å². The van der Waals surface area contributed by atoms with Gasteiger partial charge in [-0.3, -0.25) is 10.1 Å². The van der Waals surface area contributed by atoms with Gasteiger partial charge in [-0.05, 0) is 43.3 Å². The van der Waals surface area contributed by atoms with Gasteiger partial charge >= 0.3 is 6.01 Å². The zero-order chi connectivity index (χ0) is 16.1. The highest BCUT2D eigenvalue weighted by Crippen LogP contribution is 2.28. The first-order chi connectivity index (χ1) is 11.2. The summed E-state index contributed by atoms with van der Waals surface area (Å²) < 4.78 is 5.44. The topological polar surface area (TPSA) is 81.4 Å². The summed E-state index contributed by atoms with van der Waals surface area (Å²) >= 11 is 0. The number of benzene rings is 1. The SMILES string of the molecule is O=[N+]([O-])c1cc(Oc2ncccn2)ccc1/C=C/N1CCCC1. The van der Waals surface area contributed by atoms with E-state index in [0.29, 0.717) is 11.3 Å². The van der Waals surface area contributed by atoms with Crippen LogP contribution in [-0.2, 0) is 0 Å². The molecule has 0 bridgehead atoms. The van der Waals surface area contributed by atoms with Crippen molar-refractivity contribution in [3.8, 4) is 11.8 Å². The summed E-state index contributed by atoms with van der Waals surface area (Å²) in [5.74, 6) is 0.334. The van der Waals surface area contributed by atoms with Crippen LogP contribution in [0.25, 0.3) is 6.08 Å². The van der Waals surface area contributed by atoms with Crippen LogP contribution < -0.4 is 4.74 Å². The fourth-order valence-electron chi connectivity index (χ4n) is 2.41. The summed E-state index contributed by atoms with van der Waals surface area (Å²) in [7, 11) is 0. The van der Waals surface area contributed by atoms with Crippen molar-refractivity contribution in [2.75, 3.05) is 13.1 Å². The van der Waals surface area contributed by atoms with Crippen LogP contribution in [0.4, 0.5) is 5.69 Å². The number of aromatic nitrogens is 2. The molecule has 2 aromatic rings. The second-order valence-electron chi connectivity index (χ2n) is 5.17. The Morgan fingerprint density at radius 1 is 1.22 bits per heavy atom. The molecule has 2 heterocycles. The lowest BCUT2D eigenvalue weighted by Gasteiger charge is -2.10. The molecule has 0 unspecified atom stereocenters. The third-order valence-corrected chi connectivity index (χ3v) is 3.56. The van der Waals surface area contributed by atoms with Gasteiger partial charge in [0.1, 0.15) is 5.75 Å². The predicted octanol–water partition coefficient (Wildman–Crippen LogP) is 3.24. The van der Waals surface area contributed by atoms with E-state index in [1.807, 2.05) is 6.20 Å². The van der Waals surface area contributed by atoms with Crippen molar-refractivity contribution in [3.63, 3.8) is 0 Å². The molecule has 0 radical (unpaired) electrons. The molecule has 0 atom stereocenters. The van der Waals surface area contributed by atoms with Crippen molar-refractivity contribution in [2.45, 2.75) is 12.8 Å². The van der Waals surface area contributed by atoms with Crippen LogP contribution >= 0.6 is 0 Å². The molecule has 1 fully saturated rings. The lowest BCUT2D eigenvalue weighted by Crippen LogP contribution is -2.10. The molecule has 0 amide bonds. The van der Waals surface area contributed by atoms with Crippen LogP contribution in [0.5, 0.6) is 11.8 Å². The molecule has 1 saturated heterocycles. The number of ether oxygens (including phenoxy) is 1.